The molecule has 1 aromatic heterocycles. The van der Waals surface area contributed by atoms with Crippen molar-refractivity contribution >= 4 is 33.1 Å². The number of fused-ring (bicyclic) bond motifs is 1. The molecule has 1 unspecified atom stereocenters. The first-order chi connectivity index (χ1) is 13.8. The molecule has 152 valence electrons. The van der Waals surface area contributed by atoms with Crippen LogP contribution in [0.15, 0.2) is 59.2 Å². The van der Waals surface area contributed by atoms with E-state index < -0.39 is 10.0 Å². The maximum absolute atomic E-state index is 11.6. The quantitative estimate of drug-likeness (QED) is 0.569. The Morgan fingerprint density at radius 1 is 1.31 bits per heavy atom. The van der Waals surface area contributed by atoms with Gasteiger partial charge in [0, 0.05) is 17.4 Å². The predicted octanol–water partition coefficient (Wildman–Crippen LogP) is 1.23. The van der Waals surface area contributed by atoms with Gasteiger partial charge in [-0.05, 0) is 31.5 Å². The van der Waals surface area contributed by atoms with Gasteiger partial charge in [-0.3, -0.25) is 15.1 Å². The Morgan fingerprint density at radius 2 is 2.14 bits per heavy atom. The van der Waals surface area contributed by atoms with Crippen molar-refractivity contribution in [2.24, 2.45) is 4.99 Å². The summed E-state index contributed by atoms with van der Waals surface area (Å²) < 4.78 is 25.7. The van der Waals surface area contributed by atoms with Gasteiger partial charge in [-0.25, -0.2) is 13.3 Å². The number of nitrogens with zero attached hydrogens (tertiary/aromatic N) is 3. The van der Waals surface area contributed by atoms with Crippen LogP contribution in [-0.4, -0.2) is 37.3 Å². The molecule has 2 aliphatic heterocycles. The largest absolute Gasteiger partial charge is 0.329 e. The third-order valence-electron chi connectivity index (χ3n) is 4.63. The maximum atomic E-state index is 11.6. The van der Waals surface area contributed by atoms with Gasteiger partial charge in [-0.15, -0.1) is 0 Å². The molecular formula is C19H24N7O2S+. The minimum Gasteiger partial charge on any atom is -0.329 e. The van der Waals surface area contributed by atoms with Crippen molar-refractivity contribution in [3.8, 4) is 0 Å². The van der Waals surface area contributed by atoms with Gasteiger partial charge in [0.1, 0.15) is 12.7 Å². The number of sulfonamides is 1. The second kappa shape index (κ2) is 7.37. The third kappa shape index (κ3) is 4.33. The number of quaternary nitrogens is 1. The molecule has 3 heterocycles. The summed E-state index contributed by atoms with van der Waals surface area (Å²) in [6.07, 6.45) is 6.08. The number of H-pyrrole nitrogens is 1. The summed E-state index contributed by atoms with van der Waals surface area (Å²) in [6, 6.07) is 9.28. The molecule has 0 fully saturated rings. The summed E-state index contributed by atoms with van der Waals surface area (Å²) in [5.74, 6) is 2.59. The lowest BCUT2D eigenvalue weighted by Crippen LogP contribution is -3.10. The molecule has 10 heteroatoms. The number of benzene rings is 1. The molecular weight excluding hydrogens is 390 g/mol. The summed E-state index contributed by atoms with van der Waals surface area (Å²) in [6.45, 7) is 4.64. The van der Waals surface area contributed by atoms with E-state index in [0.717, 1.165) is 52.1 Å². The third-order valence-corrected chi connectivity index (χ3v) is 5.23. The van der Waals surface area contributed by atoms with Crippen molar-refractivity contribution in [1.82, 2.24) is 10.2 Å². The molecule has 1 atom stereocenters. The van der Waals surface area contributed by atoms with Crippen molar-refractivity contribution in [2.75, 3.05) is 27.7 Å². The number of aryl methyl sites for hydroxylation is 1. The molecule has 4 rings (SSSR count). The number of hydrogen-bond donors (Lipinski definition) is 4. The first kappa shape index (κ1) is 19.2. The normalized spacial score (nSPS) is 18.7. The van der Waals surface area contributed by atoms with Gasteiger partial charge in [0.2, 0.25) is 21.7 Å². The van der Waals surface area contributed by atoms with E-state index in [1.165, 1.54) is 0 Å². The number of aliphatic imine (C=N–C) groups is 1. The summed E-state index contributed by atoms with van der Waals surface area (Å²) in [5, 5.41) is 10.7. The molecule has 0 amide bonds. The van der Waals surface area contributed by atoms with Crippen LogP contribution in [0.1, 0.15) is 19.5 Å². The average molecular weight is 415 g/mol. The number of anilines is 3. The molecule has 29 heavy (non-hydrogen) atoms. The highest BCUT2D eigenvalue weighted by atomic mass is 32.2. The van der Waals surface area contributed by atoms with Crippen LogP contribution in [0.25, 0.3) is 0 Å². The topological polar surface area (TPSA) is 107 Å². The zero-order valence-electron chi connectivity index (χ0n) is 16.5. The minimum absolute atomic E-state index is 0.519. The number of hydrogen-bond acceptors (Lipinski definition) is 6. The van der Waals surface area contributed by atoms with Gasteiger partial charge in [-0.2, -0.15) is 10.1 Å². The van der Waals surface area contributed by atoms with Gasteiger partial charge in [0.05, 0.1) is 23.8 Å². The van der Waals surface area contributed by atoms with Crippen molar-refractivity contribution in [1.29, 1.82) is 0 Å². The Labute approximate surface area is 169 Å². The van der Waals surface area contributed by atoms with Crippen LogP contribution in [0.5, 0.6) is 0 Å². The van der Waals surface area contributed by atoms with E-state index in [4.69, 9.17) is 0 Å². The van der Waals surface area contributed by atoms with E-state index in [0.29, 0.717) is 12.2 Å². The zero-order chi connectivity index (χ0) is 20.6. The second-order valence-corrected chi connectivity index (χ2v) is 8.86. The van der Waals surface area contributed by atoms with Crippen molar-refractivity contribution in [2.45, 2.75) is 20.3 Å². The van der Waals surface area contributed by atoms with Crippen LogP contribution in [0.2, 0.25) is 0 Å². The number of amidine groups is 1. The smallest absolute Gasteiger partial charge is 0.232 e. The Bertz CT molecular complexity index is 1130. The molecule has 9 nitrogen and oxygen atoms in total. The summed E-state index contributed by atoms with van der Waals surface area (Å²) in [7, 11) is -3.34. The molecule has 0 bridgehead atoms. The molecule has 1 aromatic carbocycles. The number of nitrogens with one attached hydrogen (secondary N) is 4. The Kier molecular flexibility index (Phi) is 4.89. The Balaban J connectivity index is 1.66. The Morgan fingerprint density at radius 3 is 2.86 bits per heavy atom. The van der Waals surface area contributed by atoms with Crippen LogP contribution in [-0.2, 0) is 16.4 Å². The first-order valence-electron chi connectivity index (χ1n) is 9.32. The lowest BCUT2D eigenvalue weighted by molar-refractivity contribution is -0.698. The summed E-state index contributed by atoms with van der Waals surface area (Å²) in [4.78, 5) is 7.75. The molecule has 0 aliphatic carbocycles. The van der Waals surface area contributed by atoms with Crippen molar-refractivity contribution < 1.29 is 13.3 Å². The average Bonchev–Trinajstić information content (AvgIpc) is 3.26. The molecule has 0 saturated carbocycles. The highest BCUT2D eigenvalue weighted by Crippen LogP contribution is 2.23. The van der Waals surface area contributed by atoms with Gasteiger partial charge in [0.25, 0.3) is 0 Å². The van der Waals surface area contributed by atoms with E-state index in [9.17, 15) is 8.42 Å². The van der Waals surface area contributed by atoms with Gasteiger partial charge >= 0.3 is 0 Å². The number of aromatic nitrogens is 2. The molecule has 2 aromatic rings. The molecule has 4 N–H and O–H groups in total. The standard InChI is InChI=1S/C19H23N7O2S/c1-4-14-9-17(23-22-14)21-19-12-25(11-18-20-13(2)10-26(18)19)16-7-5-6-15(8-16)24-29(3,27)28/h5-10,12,24H,4,11H2,1-3H3,(H2,21,22,23)/p+1. The summed E-state index contributed by atoms with van der Waals surface area (Å²) in [5.41, 5.74) is 3.39. The van der Waals surface area contributed by atoms with Crippen molar-refractivity contribution in [3.63, 3.8) is 0 Å². The maximum Gasteiger partial charge on any atom is 0.232 e. The SMILES string of the molecule is CCc1cc(NC2=CN(c3cccc(NS(C)(=O)=O)c3)CC3=NC(C)=C[NH+]23)n[nH]1. The predicted molar refractivity (Wildman–Crippen MR) is 114 cm³/mol. The molecule has 2 aliphatic rings. The number of allylic oxidation sites excluding steroid dienone is 1. The van der Waals surface area contributed by atoms with Gasteiger partial charge < -0.3 is 4.90 Å². The first-order valence-corrected chi connectivity index (χ1v) is 11.2. The van der Waals surface area contributed by atoms with Gasteiger partial charge in [-0.1, -0.05) is 13.0 Å². The fourth-order valence-corrected chi connectivity index (χ4v) is 3.91. The second-order valence-electron chi connectivity index (χ2n) is 7.11. The highest BCUT2D eigenvalue weighted by Gasteiger charge is 2.33. The molecule has 0 saturated heterocycles. The Hall–Kier alpha value is -3.11. The van der Waals surface area contributed by atoms with E-state index in [-0.39, 0.29) is 0 Å². The fourth-order valence-electron chi connectivity index (χ4n) is 3.36. The van der Waals surface area contributed by atoms with E-state index in [1.54, 1.807) is 12.1 Å². The van der Waals surface area contributed by atoms with Crippen molar-refractivity contribution in [3.05, 3.63) is 59.9 Å². The van der Waals surface area contributed by atoms with Gasteiger partial charge in [0.15, 0.2) is 5.82 Å². The molecule has 0 radical (unpaired) electrons. The number of aromatic amines is 1. The summed E-state index contributed by atoms with van der Waals surface area (Å²) >= 11 is 0. The zero-order valence-corrected chi connectivity index (χ0v) is 17.3. The fraction of sp³-hybridized carbons (Fsp3) is 0.263. The number of rotatable bonds is 6. The lowest BCUT2D eigenvalue weighted by atomic mass is 10.2. The van der Waals surface area contributed by atoms with E-state index in [1.807, 2.05) is 36.2 Å². The van der Waals surface area contributed by atoms with Crippen LogP contribution < -0.4 is 19.8 Å². The van der Waals surface area contributed by atoms with Crippen LogP contribution in [0, 0.1) is 0 Å². The van der Waals surface area contributed by atoms with E-state index in [2.05, 4.69) is 38.4 Å². The minimum atomic E-state index is -3.34. The van der Waals surface area contributed by atoms with Crippen LogP contribution >= 0.6 is 0 Å². The van der Waals surface area contributed by atoms with E-state index >= 15 is 0 Å². The van der Waals surface area contributed by atoms with Crippen LogP contribution in [0.4, 0.5) is 17.2 Å². The monoisotopic (exact) mass is 414 g/mol. The highest BCUT2D eigenvalue weighted by molar-refractivity contribution is 7.92. The van der Waals surface area contributed by atoms with Crippen LogP contribution in [0.3, 0.4) is 0 Å². The molecule has 0 spiro atoms. The lowest BCUT2D eigenvalue weighted by Gasteiger charge is -2.29.